The molecular formula is C26H40N4. The van der Waals surface area contributed by atoms with Gasteiger partial charge in [-0.1, -0.05) is 56.3 Å². The number of hydrogen-bond donors (Lipinski definition) is 1. The molecule has 1 aliphatic heterocycles. The van der Waals surface area contributed by atoms with Gasteiger partial charge in [0.05, 0.1) is 17.8 Å². The minimum Gasteiger partial charge on any atom is -0.389 e. The standard InChI is InChI=1S/C17H24N2.C9H16N2/c1-5-16(19-12-6-7-14(19)3)17(18-4)15-10-8-13(2)9-11-15;1-9(2)11-8-6-4-3-5-7-10/h8-11,16H,3,5-7,12H2,1-2,4H3;11H,1,3-6,8H2,2H3. The van der Waals surface area contributed by atoms with Crippen LogP contribution in [0.4, 0.5) is 0 Å². The Balaban J connectivity index is 0.000000352. The van der Waals surface area contributed by atoms with E-state index in [2.05, 4.69) is 72.5 Å². The van der Waals surface area contributed by atoms with E-state index in [1.165, 1.54) is 29.0 Å². The molecule has 1 atom stereocenters. The Kier molecular flexibility index (Phi) is 12.3. The van der Waals surface area contributed by atoms with Crippen molar-refractivity contribution >= 4 is 5.71 Å². The van der Waals surface area contributed by atoms with Crippen molar-refractivity contribution in [1.29, 1.82) is 5.26 Å². The van der Waals surface area contributed by atoms with Crippen molar-refractivity contribution in [3.05, 3.63) is 59.9 Å². The molecule has 1 aromatic carbocycles. The number of aliphatic imine (C=N–C) groups is 1. The minimum atomic E-state index is 0.364. The number of allylic oxidation sites excluding steroid dienone is 2. The zero-order valence-corrected chi connectivity index (χ0v) is 19.5. The molecule has 1 saturated heterocycles. The van der Waals surface area contributed by atoms with Crippen LogP contribution in [0.15, 0.2) is 53.8 Å². The van der Waals surface area contributed by atoms with E-state index in [9.17, 15) is 0 Å². The predicted molar refractivity (Wildman–Crippen MR) is 130 cm³/mol. The molecule has 4 heteroatoms. The Morgan fingerprint density at radius 2 is 1.97 bits per heavy atom. The first kappa shape index (κ1) is 25.5. The molecular weight excluding hydrogens is 368 g/mol. The van der Waals surface area contributed by atoms with Gasteiger partial charge in [-0.25, -0.2) is 0 Å². The highest BCUT2D eigenvalue weighted by Crippen LogP contribution is 2.25. The number of likely N-dealkylation sites (tertiary alicyclic amines) is 1. The molecule has 0 bridgehead atoms. The Bertz CT molecular complexity index is 724. The maximum absolute atomic E-state index is 8.23. The third-order valence-electron chi connectivity index (χ3n) is 5.33. The van der Waals surface area contributed by atoms with Gasteiger partial charge in [-0.2, -0.15) is 5.26 Å². The van der Waals surface area contributed by atoms with E-state index < -0.39 is 0 Å². The molecule has 4 nitrogen and oxygen atoms in total. The van der Waals surface area contributed by atoms with Gasteiger partial charge in [0.1, 0.15) is 0 Å². The van der Waals surface area contributed by atoms with E-state index in [0.717, 1.165) is 50.9 Å². The Morgan fingerprint density at radius 1 is 1.27 bits per heavy atom. The van der Waals surface area contributed by atoms with Crippen LogP contribution in [-0.2, 0) is 0 Å². The molecule has 0 saturated carbocycles. The number of hydrogen-bond acceptors (Lipinski definition) is 4. The molecule has 1 fully saturated rings. The lowest BCUT2D eigenvalue weighted by Gasteiger charge is -2.31. The molecule has 1 unspecified atom stereocenters. The fourth-order valence-electron chi connectivity index (χ4n) is 3.70. The summed E-state index contributed by atoms with van der Waals surface area (Å²) in [5.41, 5.74) is 5.99. The van der Waals surface area contributed by atoms with Crippen molar-refractivity contribution in [2.45, 2.75) is 71.8 Å². The Hall–Kier alpha value is -2.54. The number of nitrogens with one attached hydrogen (secondary N) is 1. The average Bonchev–Trinajstić information content (AvgIpc) is 3.15. The fraction of sp³-hybridized carbons (Fsp3) is 0.538. The van der Waals surface area contributed by atoms with Crippen molar-refractivity contribution in [1.82, 2.24) is 10.2 Å². The lowest BCUT2D eigenvalue weighted by atomic mass is 9.98. The molecule has 0 radical (unpaired) electrons. The summed E-state index contributed by atoms with van der Waals surface area (Å²) >= 11 is 0. The van der Waals surface area contributed by atoms with Crippen LogP contribution >= 0.6 is 0 Å². The second kappa shape index (κ2) is 14.4. The first-order valence-electron chi connectivity index (χ1n) is 11.2. The molecule has 0 aromatic heterocycles. The van der Waals surface area contributed by atoms with Crippen LogP contribution in [0.2, 0.25) is 0 Å². The largest absolute Gasteiger partial charge is 0.389 e. The Morgan fingerprint density at radius 3 is 2.47 bits per heavy atom. The van der Waals surface area contributed by atoms with Gasteiger partial charge >= 0.3 is 0 Å². The molecule has 0 amide bonds. The van der Waals surface area contributed by atoms with Gasteiger partial charge in [-0.3, -0.25) is 4.99 Å². The third-order valence-corrected chi connectivity index (χ3v) is 5.33. The van der Waals surface area contributed by atoms with Crippen LogP contribution in [0.1, 0.15) is 69.9 Å². The lowest BCUT2D eigenvalue weighted by Crippen LogP contribution is -2.38. The van der Waals surface area contributed by atoms with E-state index in [4.69, 9.17) is 5.26 Å². The van der Waals surface area contributed by atoms with E-state index >= 15 is 0 Å². The molecule has 1 heterocycles. The number of nitriles is 1. The highest BCUT2D eigenvalue weighted by Gasteiger charge is 2.26. The zero-order chi connectivity index (χ0) is 22.4. The first-order chi connectivity index (χ1) is 14.4. The van der Waals surface area contributed by atoms with Crippen molar-refractivity contribution < 1.29 is 0 Å². The van der Waals surface area contributed by atoms with E-state index in [0.29, 0.717) is 12.5 Å². The summed E-state index contributed by atoms with van der Waals surface area (Å²) in [5, 5.41) is 11.4. The van der Waals surface area contributed by atoms with E-state index in [1.54, 1.807) is 0 Å². The predicted octanol–water partition coefficient (Wildman–Crippen LogP) is 6.00. The van der Waals surface area contributed by atoms with Crippen LogP contribution in [-0.4, -0.2) is 36.8 Å². The monoisotopic (exact) mass is 408 g/mol. The molecule has 1 aliphatic rings. The molecule has 1 aromatic rings. The smallest absolute Gasteiger partial charge is 0.0709 e. The molecule has 0 spiro atoms. The van der Waals surface area contributed by atoms with Gasteiger partial charge in [0, 0.05) is 38.0 Å². The highest BCUT2D eigenvalue weighted by molar-refractivity contribution is 6.04. The van der Waals surface area contributed by atoms with Crippen molar-refractivity contribution in [3.8, 4) is 6.07 Å². The number of aryl methyl sites for hydroxylation is 1. The summed E-state index contributed by atoms with van der Waals surface area (Å²) in [6.45, 7) is 16.3. The van der Waals surface area contributed by atoms with Crippen molar-refractivity contribution in [2.75, 3.05) is 20.1 Å². The summed E-state index contributed by atoms with van der Waals surface area (Å²) in [7, 11) is 1.90. The first-order valence-corrected chi connectivity index (χ1v) is 11.2. The lowest BCUT2D eigenvalue weighted by molar-refractivity contribution is 0.343. The molecule has 164 valence electrons. The summed E-state index contributed by atoms with van der Waals surface area (Å²) in [6.07, 6.45) is 7.39. The topological polar surface area (TPSA) is 51.4 Å². The summed E-state index contributed by atoms with van der Waals surface area (Å²) < 4.78 is 0. The van der Waals surface area contributed by atoms with E-state index in [1.807, 2.05) is 14.0 Å². The maximum atomic E-state index is 8.23. The van der Waals surface area contributed by atoms with Gasteiger partial charge in [-0.15, -0.1) is 0 Å². The molecule has 1 N–H and O–H groups in total. The van der Waals surface area contributed by atoms with Crippen LogP contribution < -0.4 is 5.32 Å². The molecule has 2 rings (SSSR count). The van der Waals surface area contributed by atoms with E-state index in [-0.39, 0.29) is 0 Å². The second-order valence-electron chi connectivity index (χ2n) is 7.94. The molecule has 0 aliphatic carbocycles. The van der Waals surface area contributed by atoms with Gasteiger partial charge in [0.2, 0.25) is 0 Å². The third kappa shape index (κ3) is 8.86. The minimum absolute atomic E-state index is 0.364. The van der Waals surface area contributed by atoms with Gasteiger partial charge in [0.15, 0.2) is 0 Å². The Labute approximate surface area is 184 Å². The van der Waals surface area contributed by atoms with Crippen LogP contribution in [0.3, 0.4) is 0 Å². The van der Waals surface area contributed by atoms with Crippen LogP contribution in [0, 0.1) is 18.3 Å². The number of rotatable bonds is 10. The number of benzene rings is 1. The van der Waals surface area contributed by atoms with Crippen molar-refractivity contribution in [3.63, 3.8) is 0 Å². The quantitative estimate of drug-likeness (QED) is 0.382. The van der Waals surface area contributed by atoms with Gasteiger partial charge in [-0.05, 0) is 51.5 Å². The summed E-state index contributed by atoms with van der Waals surface area (Å²) in [4.78, 5) is 7.00. The second-order valence-corrected chi connectivity index (χ2v) is 7.94. The maximum Gasteiger partial charge on any atom is 0.0709 e. The zero-order valence-electron chi connectivity index (χ0n) is 19.5. The van der Waals surface area contributed by atoms with Crippen molar-refractivity contribution in [2.24, 2.45) is 4.99 Å². The summed E-state index contributed by atoms with van der Waals surface area (Å²) in [6, 6.07) is 11.2. The van der Waals surface area contributed by atoms with Gasteiger partial charge < -0.3 is 10.2 Å². The fourth-order valence-corrected chi connectivity index (χ4v) is 3.70. The van der Waals surface area contributed by atoms with Gasteiger partial charge in [0.25, 0.3) is 0 Å². The number of nitrogens with zero attached hydrogens (tertiary/aromatic N) is 3. The average molecular weight is 409 g/mol. The molecule has 30 heavy (non-hydrogen) atoms. The number of unbranched alkanes of at least 4 members (excludes halogenated alkanes) is 3. The SMILES string of the molecule is C=C(C)NCCCCCC#N.C=C1CCCN1C(CC)C(=NC)c1ccc(C)cc1. The highest BCUT2D eigenvalue weighted by atomic mass is 15.2. The van der Waals surface area contributed by atoms with Crippen LogP contribution in [0.25, 0.3) is 0 Å². The van der Waals surface area contributed by atoms with Crippen LogP contribution in [0.5, 0.6) is 0 Å². The summed E-state index contributed by atoms with van der Waals surface area (Å²) in [5.74, 6) is 0. The normalized spacial score (nSPS) is 14.6.